The first-order valence-corrected chi connectivity index (χ1v) is 6.78. The first kappa shape index (κ1) is 12.9. The third kappa shape index (κ3) is 2.65. The predicted molar refractivity (Wildman–Crippen MR) is 79.1 cm³/mol. The summed E-state index contributed by atoms with van der Waals surface area (Å²) >= 11 is 6.68. The van der Waals surface area contributed by atoms with Crippen molar-refractivity contribution in [2.24, 2.45) is 5.73 Å². The van der Waals surface area contributed by atoms with Crippen LogP contribution < -0.4 is 10.6 Å². The average Bonchev–Trinajstić information content (AvgIpc) is 2.80. The number of rotatable bonds is 4. The van der Waals surface area contributed by atoms with Crippen molar-refractivity contribution in [1.82, 2.24) is 9.97 Å². The molecular formula is C12H14N4S2. The maximum atomic E-state index is 5.78. The highest BCUT2D eigenvalue weighted by atomic mass is 32.1. The SMILES string of the molecule is Cc1ccnc(N(C)Cc2cscn2)c1C(N)=S. The van der Waals surface area contributed by atoms with E-state index in [1.807, 2.05) is 35.8 Å². The largest absolute Gasteiger partial charge is 0.389 e. The highest BCUT2D eigenvalue weighted by Gasteiger charge is 2.14. The summed E-state index contributed by atoms with van der Waals surface area (Å²) in [5.74, 6) is 0.801. The number of pyridine rings is 1. The molecule has 0 atom stereocenters. The molecule has 0 saturated carbocycles. The lowest BCUT2D eigenvalue weighted by atomic mass is 10.1. The number of anilines is 1. The third-order valence-corrected chi connectivity index (χ3v) is 3.47. The van der Waals surface area contributed by atoms with Gasteiger partial charge < -0.3 is 10.6 Å². The number of aryl methyl sites for hydroxylation is 1. The van der Waals surface area contributed by atoms with E-state index in [0.717, 1.165) is 22.6 Å². The molecule has 0 fully saturated rings. The Morgan fingerprint density at radius 2 is 2.28 bits per heavy atom. The molecule has 4 nitrogen and oxygen atoms in total. The van der Waals surface area contributed by atoms with Gasteiger partial charge in [0.25, 0.3) is 0 Å². The van der Waals surface area contributed by atoms with Crippen molar-refractivity contribution in [1.29, 1.82) is 0 Å². The Morgan fingerprint density at radius 3 is 2.89 bits per heavy atom. The first-order valence-electron chi connectivity index (χ1n) is 5.43. The fraction of sp³-hybridized carbons (Fsp3) is 0.250. The molecule has 0 radical (unpaired) electrons. The molecule has 0 aliphatic heterocycles. The van der Waals surface area contributed by atoms with Crippen LogP contribution in [0.3, 0.4) is 0 Å². The van der Waals surface area contributed by atoms with Crippen molar-refractivity contribution in [2.75, 3.05) is 11.9 Å². The molecule has 2 aromatic heterocycles. The standard InChI is InChI=1S/C12H14N4S2/c1-8-3-4-14-12(10(8)11(13)17)16(2)5-9-6-18-7-15-9/h3-4,6-7H,5H2,1-2H3,(H2,13,17). The number of nitrogens with zero attached hydrogens (tertiary/aromatic N) is 3. The van der Waals surface area contributed by atoms with Gasteiger partial charge in [0, 0.05) is 18.6 Å². The van der Waals surface area contributed by atoms with E-state index in [0.29, 0.717) is 11.5 Å². The summed E-state index contributed by atoms with van der Waals surface area (Å²) in [5.41, 5.74) is 10.5. The molecule has 6 heteroatoms. The van der Waals surface area contributed by atoms with Crippen molar-refractivity contribution >= 4 is 34.4 Å². The van der Waals surface area contributed by atoms with Crippen LogP contribution in [0.2, 0.25) is 0 Å². The molecule has 2 heterocycles. The first-order chi connectivity index (χ1) is 8.59. The van der Waals surface area contributed by atoms with Gasteiger partial charge in [0.15, 0.2) is 0 Å². The van der Waals surface area contributed by atoms with Gasteiger partial charge in [-0.25, -0.2) is 9.97 Å². The lowest BCUT2D eigenvalue weighted by Crippen LogP contribution is -2.23. The van der Waals surface area contributed by atoms with Crippen LogP contribution in [-0.4, -0.2) is 22.0 Å². The number of nitrogens with two attached hydrogens (primary N) is 1. The van der Waals surface area contributed by atoms with Crippen LogP contribution in [0.25, 0.3) is 0 Å². The second kappa shape index (κ2) is 5.41. The summed E-state index contributed by atoms with van der Waals surface area (Å²) in [6, 6.07) is 1.91. The van der Waals surface area contributed by atoms with E-state index in [-0.39, 0.29) is 0 Å². The summed E-state index contributed by atoms with van der Waals surface area (Å²) in [5, 5.41) is 2.02. The minimum Gasteiger partial charge on any atom is -0.389 e. The predicted octanol–water partition coefficient (Wildman–Crippen LogP) is 2.12. The van der Waals surface area contributed by atoms with Crippen LogP contribution in [-0.2, 0) is 6.54 Å². The van der Waals surface area contributed by atoms with E-state index in [1.165, 1.54) is 0 Å². The maximum Gasteiger partial charge on any atom is 0.139 e. The summed E-state index contributed by atoms with van der Waals surface area (Å²) in [6.45, 7) is 2.67. The number of thiazole rings is 1. The van der Waals surface area contributed by atoms with Gasteiger partial charge >= 0.3 is 0 Å². The van der Waals surface area contributed by atoms with Gasteiger partial charge in [-0.2, -0.15) is 0 Å². The lowest BCUT2D eigenvalue weighted by molar-refractivity contribution is 0.871. The molecule has 2 N–H and O–H groups in total. The van der Waals surface area contributed by atoms with Crippen molar-refractivity contribution < 1.29 is 0 Å². The van der Waals surface area contributed by atoms with Crippen molar-refractivity contribution in [3.63, 3.8) is 0 Å². The molecule has 2 rings (SSSR count). The van der Waals surface area contributed by atoms with Crippen LogP contribution in [0.4, 0.5) is 5.82 Å². The maximum absolute atomic E-state index is 5.78. The Kier molecular flexibility index (Phi) is 3.88. The Bertz CT molecular complexity index is 551. The molecule has 0 aromatic carbocycles. The number of hydrogen-bond acceptors (Lipinski definition) is 5. The van der Waals surface area contributed by atoms with Gasteiger partial charge in [0.2, 0.25) is 0 Å². The minimum atomic E-state index is 0.376. The zero-order valence-electron chi connectivity index (χ0n) is 10.3. The van der Waals surface area contributed by atoms with Crippen LogP contribution >= 0.6 is 23.6 Å². The molecule has 0 aliphatic rings. The van der Waals surface area contributed by atoms with Gasteiger partial charge in [-0.3, -0.25) is 0 Å². The summed E-state index contributed by atoms with van der Waals surface area (Å²) < 4.78 is 0. The molecule has 94 valence electrons. The molecule has 0 bridgehead atoms. The third-order valence-electron chi connectivity index (χ3n) is 2.63. The van der Waals surface area contributed by atoms with Crippen LogP contribution in [0.5, 0.6) is 0 Å². The van der Waals surface area contributed by atoms with E-state index in [9.17, 15) is 0 Å². The quantitative estimate of drug-likeness (QED) is 0.868. The van der Waals surface area contributed by atoms with Crippen LogP contribution in [0.1, 0.15) is 16.8 Å². The van der Waals surface area contributed by atoms with E-state index in [2.05, 4.69) is 9.97 Å². The molecule has 0 saturated heterocycles. The molecule has 0 spiro atoms. The van der Waals surface area contributed by atoms with Gasteiger partial charge in [-0.1, -0.05) is 12.2 Å². The second-order valence-corrected chi connectivity index (χ2v) is 5.19. The number of hydrogen-bond donors (Lipinski definition) is 1. The van der Waals surface area contributed by atoms with E-state index >= 15 is 0 Å². The molecule has 0 aliphatic carbocycles. The number of thiocarbonyl (C=S) groups is 1. The molecule has 0 amide bonds. The van der Waals surface area contributed by atoms with Gasteiger partial charge in [-0.05, 0) is 18.6 Å². The monoisotopic (exact) mass is 278 g/mol. The van der Waals surface area contributed by atoms with Gasteiger partial charge in [-0.15, -0.1) is 11.3 Å². The van der Waals surface area contributed by atoms with Crippen molar-refractivity contribution in [2.45, 2.75) is 13.5 Å². The molecule has 0 unspecified atom stereocenters. The zero-order valence-corrected chi connectivity index (χ0v) is 11.9. The Labute approximate surface area is 115 Å². The molecule has 2 aromatic rings. The fourth-order valence-corrected chi connectivity index (χ4v) is 2.57. The van der Waals surface area contributed by atoms with Crippen LogP contribution in [0, 0.1) is 6.92 Å². The van der Waals surface area contributed by atoms with Crippen molar-refractivity contribution in [3.8, 4) is 0 Å². The van der Waals surface area contributed by atoms with Gasteiger partial charge in [0.1, 0.15) is 10.8 Å². The fourth-order valence-electron chi connectivity index (χ4n) is 1.77. The van der Waals surface area contributed by atoms with Crippen molar-refractivity contribution in [3.05, 3.63) is 40.0 Å². The topological polar surface area (TPSA) is 55.0 Å². The number of aromatic nitrogens is 2. The molecular weight excluding hydrogens is 264 g/mol. The lowest BCUT2D eigenvalue weighted by Gasteiger charge is -2.21. The average molecular weight is 278 g/mol. The second-order valence-electron chi connectivity index (χ2n) is 4.03. The van der Waals surface area contributed by atoms with E-state index in [4.69, 9.17) is 18.0 Å². The Balaban J connectivity index is 2.32. The van der Waals surface area contributed by atoms with Crippen LogP contribution in [0.15, 0.2) is 23.2 Å². The summed E-state index contributed by atoms with van der Waals surface area (Å²) in [7, 11) is 1.96. The molecule has 18 heavy (non-hydrogen) atoms. The highest BCUT2D eigenvalue weighted by Crippen LogP contribution is 2.21. The van der Waals surface area contributed by atoms with E-state index in [1.54, 1.807) is 17.5 Å². The normalized spacial score (nSPS) is 10.3. The van der Waals surface area contributed by atoms with Gasteiger partial charge in [0.05, 0.1) is 23.3 Å². The highest BCUT2D eigenvalue weighted by molar-refractivity contribution is 7.80. The zero-order chi connectivity index (χ0) is 13.1. The summed E-state index contributed by atoms with van der Waals surface area (Å²) in [6.07, 6.45) is 1.77. The minimum absolute atomic E-state index is 0.376. The summed E-state index contributed by atoms with van der Waals surface area (Å²) in [4.78, 5) is 11.0. The Morgan fingerprint density at radius 1 is 1.50 bits per heavy atom. The smallest absolute Gasteiger partial charge is 0.139 e. The Hall–Kier alpha value is -1.53. The van der Waals surface area contributed by atoms with E-state index < -0.39 is 0 Å².